The first-order valence-corrected chi connectivity index (χ1v) is 13.0. The molecule has 4 saturated carbocycles. The highest BCUT2D eigenvalue weighted by atomic mass is 32.1. The number of hydrogen-bond acceptors (Lipinski definition) is 5. The van der Waals surface area contributed by atoms with Crippen molar-refractivity contribution in [3.05, 3.63) is 56.0 Å². The Labute approximate surface area is 199 Å². The van der Waals surface area contributed by atoms with Crippen LogP contribution in [0.4, 0.5) is 5.69 Å². The predicted octanol–water partition coefficient (Wildman–Crippen LogP) is 5.38. The molecule has 6 rings (SSSR count). The van der Waals surface area contributed by atoms with Gasteiger partial charge in [-0.05, 0) is 73.3 Å². The van der Waals surface area contributed by atoms with Gasteiger partial charge in [-0.15, -0.1) is 0 Å². The van der Waals surface area contributed by atoms with E-state index in [9.17, 15) is 14.9 Å². The maximum atomic E-state index is 12.8. The zero-order chi connectivity index (χ0) is 23.2. The van der Waals surface area contributed by atoms with Crippen LogP contribution in [0.15, 0.2) is 29.8 Å². The fraction of sp³-hybridized carbons (Fsp3) is 0.615. The molecule has 0 N–H and O–H groups in total. The molecule has 0 spiro atoms. The van der Waals surface area contributed by atoms with Crippen molar-refractivity contribution in [2.75, 3.05) is 6.61 Å². The Hall–Kier alpha value is -2.28. The summed E-state index contributed by atoms with van der Waals surface area (Å²) in [5.41, 5.74) is 5.01. The van der Waals surface area contributed by atoms with E-state index in [1.807, 2.05) is 0 Å². The Morgan fingerprint density at radius 2 is 1.91 bits per heavy atom. The predicted molar refractivity (Wildman–Crippen MR) is 126 cm³/mol. The number of aromatic nitrogens is 1. The molecule has 4 aliphatic carbocycles. The molecule has 1 heterocycles. The summed E-state index contributed by atoms with van der Waals surface area (Å²) in [6.45, 7) is 5.62. The molecular weight excluding hydrogens is 436 g/mol. The van der Waals surface area contributed by atoms with Crippen LogP contribution in [0.1, 0.15) is 68.0 Å². The zero-order valence-electron chi connectivity index (χ0n) is 19.5. The van der Waals surface area contributed by atoms with E-state index >= 15 is 0 Å². The minimum Gasteiger partial charge on any atom is -0.465 e. The van der Waals surface area contributed by atoms with Crippen molar-refractivity contribution in [2.45, 2.75) is 71.8 Å². The summed E-state index contributed by atoms with van der Waals surface area (Å²) >= 11 is 1.67. The second kappa shape index (κ2) is 8.49. The van der Waals surface area contributed by atoms with Gasteiger partial charge in [0, 0.05) is 31.0 Å². The molecule has 4 fully saturated rings. The van der Waals surface area contributed by atoms with Crippen LogP contribution in [0.2, 0.25) is 0 Å². The first-order chi connectivity index (χ1) is 15.7. The van der Waals surface area contributed by atoms with Gasteiger partial charge in [0.05, 0.1) is 22.8 Å². The van der Waals surface area contributed by atoms with E-state index in [4.69, 9.17) is 4.74 Å². The Balaban J connectivity index is 1.13. The SMILES string of the molecule is Cc1c(CCOC(=O)CC23C[C@@H]4C[C@@H](CC(C)(C4)C2)C3)sc[n+]1Cc1ccc([N+](=O)[O-])cc1. The Bertz CT molecular complexity index is 1050. The van der Waals surface area contributed by atoms with Crippen LogP contribution >= 0.6 is 11.3 Å². The largest absolute Gasteiger partial charge is 0.465 e. The Morgan fingerprint density at radius 3 is 2.55 bits per heavy atom. The van der Waals surface area contributed by atoms with Crippen molar-refractivity contribution in [3.63, 3.8) is 0 Å². The number of rotatable bonds is 8. The summed E-state index contributed by atoms with van der Waals surface area (Å²) < 4.78 is 7.88. The summed E-state index contributed by atoms with van der Waals surface area (Å²) in [5.74, 6) is 1.63. The first-order valence-electron chi connectivity index (χ1n) is 12.1. The van der Waals surface area contributed by atoms with Crippen molar-refractivity contribution in [1.29, 1.82) is 0 Å². The average molecular weight is 470 g/mol. The minimum absolute atomic E-state index is 0.0199. The average Bonchev–Trinajstić information content (AvgIpc) is 3.05. The van der Waals surface area contributed by atoms with Crippen LogP contribution in [0, 0.1) is 39.7 Å². The van der Waals surface area contributed by atoms with Crippen LogP contribution < -0.4 is 4.57 Å². The van der Waals surface area contributed by atoms with Crippen LogP contribution in [-0.2, 0) is 22.5 Å². The number of nitrogens with zero attached hydrogens (tertiary/aromatic N) is 2. The van der Waals surface area contributed by atoms with Crippen molar-refractivity contribution in [2.24, 2.45) is 22.7 Å². The van der Waals surface area contributed by atoms with Crippen LogP contribution in [-0.4, -0.2) is 17.5 Å². The van der Waals surface area contributed by atoms with E-state index in [2.05, 4.69) is 23.9 Å². The summed E-state index contributed by atoms with van der Waals surface area (Å²) in [6.07, 6.45) is 9.07. The molecule has 1 aromatic carbocycles. The first kappa shape index (κ1) is 22.5. The van der Waals surface area contributed by atoms with Gasteiger partial charge in [-0.3, -0.25) is 14.9 Å². The number of thiazole rings is 1. The smallest absolute Gasteiger partial charge is 0.306 e. The number of hydrogen-bond donors (Lipinski definition) is 0. The van der Waals surface area contributed by atoms with Crippen molar-refractivity contribution in [3.8, 4) is 0 Å². The Kier molecular flexibility index (Phi) is 5.79. The number of nitro benzene ring substituents is 1. The lowest BCUT2D eigenvalue weighted by Crippen LogP contribution is -2.51. The van der Waals surface area contributed by atoms with Gasteiger partial charge in [-0.1, -0.05) is 18.3 Å². The van der Waals surface area contributed by atoms with Crippen molar-refractivity contribution >= 4 is 23.0 Å². The topological polar surface area (TPSA) is 73.3 Å². The molecule has 4 atom stereocenters. The van der Waals surface area contributed by atoms with Gasteiger partial charge in [0.15, 0.2) is 12.2 Å². The molecule has 4 aliphatic rings. The second-order valence-electron chi connectivity index (χ2n) is 11.2. The highest BCUT2D eigenvalue weighted by molar-refractivity contribution is 7.09. The van der Waals surface area contributed by atoms with E-state index in [0.717, 1.165) is 29.5 Å². The van der Waals surface area contributed by atoms with Gasteiger partial charge < -0.3 is 4.74 Å². The molecule has 33 heavy (non-hydrogen) atoms. The van der Waals surface area contributed by atoms with E-state index in [1.165, 1.54) is 43.4 Å². The van der Waals surface area contributed by atoms with Crippen LogP contribution in [0.5, 0.6) is 0 Å². The quantitative estimate of drug-likeness (QED) is 0.225. The number of non-ortho nitro benzene ring substituents is 1. The third-order valence-electron chi connectivity index (χ3n) is 8.24. The van der Waals surface area contributed by atoms with Crippen LogP contribution in [0.25, 0.3) is 0 Å². The number of carbonyl (C=O) groups is 1. The molecule has 0 radical (unpaired) electrons. The highest BCUT2D eigenvalue weighted by Crippen LogP contribution is 2.66. The van der Waals surface area contributed by atoms with Crippen molar-refractivity contribution in [1.82, 2.24) is 0 Å². The van der Waals surface area contributed by atoms with E-state index in [0.29, 0.717) is 25.0 Å². The molecule has 176 valence electrons. The zero-order valence-corrected chi connectivity index (χ0v) is 20.4. The standard InChI is InChI=1S/C26H33N2O4S/c1-18-23(33-17-27(18)15-19-3-5-22(6-4-19)28(30)31)7-8-32-24(29)14-26-12-20-9-21(13-26)11-25(2,10-20)16-26/h3-6,17,20-21H,7-16H2,1-2H3/q+1/t20-,21+,25?,26?. The molecule has 0 aliphatic heterocycles. The lowest BCUT2D eigenvalue weighted by molar-refractivity contribution is -0.689. The van der Waals surface area contributed by atoms with Gasteiger partial charge in [-0.2, -0.15) is 4.57 Å². The normalized spacial score (nSPS) is 29.9. The van der Waals surface area contributed by atoms with E-state index in [-0.39, 0.29) is 22.0 Å². The fourth-order valence-electron chi connectivity index (χ4n) is 7.52. The molecule has 0 saturated heterocycles. The number of esters is 1. The molecule has 6 nitrogen and oxygen atoms in total. The maximum absolute atomic E-state index is 12.8. The molecular formula is C26H33N2O4S+. The van der Waals surface area contributed by atoms with Gasteiger partial charge in [-0.25, -0.2) is 0 Å². The molecule has 2 unspecified atom stereocenters. The van der Waals surface area contributed by atoms with E-state index < -0.39 is 0 Å². The lowest BCUT2D eigenvalue weighted by atomic mass is 9.44. The third kappa shape index (κ3) is 4.70. The second-order valence-corrected chi connectivity index (χ2v) is 12.1. The molecule has 2 aromatic rings. The summed E-state index contributed by atoms with van der Waals surface area (Å²) in [5, 5.41) is 10.8. The third-order valence-corrected chi connectivity index (χ3v) is 9.39. The number of ether oxygens (including phenoxy) is 1. The lowest BCUT2D eigenvalue weighted by Gasteiger charge is -2.61. The maximum Gasteiger partial charge on any atom is 0.306 e. The van der Waals surface area contributed by atoms with Gasteiger partial charge in [0.25, 0.3) is 5.69 Å². The molecule has 0 amide bonds. The molecule has 4 bridgehead atoms. The molecule has 7 heteroatoms. The fourth-order valence-corrected chi connectivity index (χ4v) is 8.49. The number of benzene rings is 1. The monoisotopic (exact) mass is 469 g/mol. The number of nitro groups is 1. The minimum atomic E-state index is -0.379. The van der Waals surface area contributed by atoms with E-state index in [1.54, 1.807) is 35.6 Å². The van der Waals surface area contributed by atoms with Crippen molar-refractivity contribution < 1.29 is 19.0 Å². The summed E-state index contributed by atoms with van der Waals surface area (Å²) in [6, 6.07) is 6.69. The Morgan fingerprint density at radius 1 is 1.21 bits per heavy atom. The highest BCUT2D eigenvalue weighted by Gasteiger charge is 2.56. The van der Waals surface area contributed by atoms with Gasteiger partial charge in [0.1, 0.15) is 0 Å². The molecule has 1 aromatic heterocycles. The summed E-state index contributed by atoms with van der Waals surface area (Å²) in [7, 11) is 0. The number of carbonyl (C=O) groups excluding carboxylic acids is 1. The van der Waals surface area contributed by atoms with Gasteiger partial charge >= 0.3 is 5.97 Å². The summed E-state index contributed by atoms with van der Waals surface area (Å²) in [4.78, 5) is 24.4. The van der Waals surface area contributed by atoms with Gasteiger partial charge in [0.2, 0.25) is 5.51 Å². The van der Waals surface area contributed by atoms with Crippen LogP contribution in [0.3, 0.4) is 0 Å².